The molecule has 1 amide bonds. The number of para-hydroxylation sites is 1. The highest BCUT2D eigenvalue weighted by Gasteiger charge is 2.11. The van der Waals surface area contributed by atoms with Gasteiger partial charge in [0, 0.05) is 23.6 Å². The molecule has 3 aromatic rings. The number of nitrogens with one attached hydrogen (secondary N) is 2. The first kappa shape index (κ1) is 20.0. The summed E-state index contributed by atoms with van der Waals surface area (Å²) in [7, 11) is 1.56. The van der Waals surface area contributed by atoms with E-state index in [-0.39, 0.29) is 5.57 Å². The van der Waals surface area contributed by atoms with Crippen LogP contribution in [0.25, 0.3) is 17.0 Å². The summed E-state index contributed by atoms with van der Waals surface area (Å²) in [4.78, 5) is 15.7. The molecule has 0 aliphatic carbocycles. The third-order valence-electron chi connectivity index (χ3n) is 4.52. The molecule has 2 aromatic carbocycles. The summed E-state index contributed by atoms with van der Waals surface area (Å²) < 4.78 is 10.8. The minimum Gasteiger partial charge on any atom is -0.493 e. The molecule has 0 saturated carbocycles. The van der Waals surface area contributed by atoms with Crippen molar-refractivity contribution in [3.63, 3.8) is 0 Å². The zero-order valence-electron chi connectivity index (χ0n) is 16.5. The second-order valence-electron chi connectivity index (χ2n) is 6.38. The van der Waals surface area contributed by atoms with Crippen LogP contribution in [0.2, 0.25) is 0 Å². The minimum absolute atomic E-state index is 0.0385. The van der Waals surface area contributed by atoms with Crippen LogP contribution in [0.5, 0.6) is 11.5 Å². The fourth-order valence-corrected chi connectivity index (χ4v) is 3.11. The molecule has 3 rings (SSSR count). The zero-order chi connectivity index (χ0) is 20.6. The van der Waals surface area contributed by atoms with Crippen LogP contribution in [0.1, 0.15) is 18.1 Å². The summed E-state index contributed by atoms with van der Waals surface area (Å²) in [5.74, 6) is 0.771. The first-order chi connectivity index (χ1) is 14.2. The molecule has 0 atom stereocenters. The van der Waals surface area contributed by atoms with E-state index in [1.807, 2.05) is 43.5 Å². The largest absolute Gasteiger partial charge is 0.493 e. The Morgan fingerprint density at radius 2 is 2.07 bits per heavy atom. The number of hydrogen-bond acceptors (Lipinski definition) is 4. The third kappa shape index (κ3) is 4.77. The number of methoxy groups -OCH3 is 1. The van der Waals surface area contributed by atoms with E-state index >= 15 is 0 Å². The highest BCUT2D eigenvalue weighted by atomic mass is 16.5. The van der Waals surface area contributed by atoms with Crippen LogP contribution in [0, 0.1) is 11.3 Å². The van der Waals surface area contributed by atoms with E-state index in [0.29, 0.717) is 36.6 Å². The first-order valence-electron chi connectivity index (χ1n) is 9.42. The van der Waals surface area contributed by atoms with Gasteiger partial charge in [-0.15, -0.1) is 0 Å². The van der Waals surface area contributed by atoms with Crippen molar-refractivity contribution in [1.82, 2.24) is 10.3 Å². The molecule has 0 spiro atoms. The summed E-state index contributed by atoms with van der Waals surface area (Å²) in [6.45, 7) is 2.80. The number of amides is 1. The zero-order valence-corrected chi connectivity index (χ0v) is 16.5. The van der Waals surface area contributed by atoms with Gasteiger partial charge in [0.1, 0.15) is 11.6 Å². The molecule has 148 valence electrons. The molecule has 2 N–H and O–H groups in total. The van der Waals surface area contributed by atoms with E-state index in [0.717, 1.165) is 16.5 Å². The number of benzene rings is 2. The number of carbonyl (C=O) groups excluding carboxylic acids is 1. The van der Waals surface area contributed by atoms with Crippen molar-refractivity contribution >= 4 is 22.9 Å². The SMILES string of the molecule is CCOc1cc(/C=C(/C#N)C(=O)NCCc2c[nH]c3ccccc23)ccc1OC. The lowest BCUT2D eigenvalue weighted by Crippen LogP contribution is -2.26. The van der Waals surface area contributed by atoms with Gasteiger partial charge in [-0.25, -0.2) is 0 Å². The van der Waals surface area contributed by atoms with Crippen LogP contribution >= 0.6 is 0 Å². The van der Waals surface area contributed by atoms with Gasteiger partial charge in [-0.1, -0.05) is 24.3 Å². The Morgan fingerprint density at radius 3 is 2.83 bits per heavy atom. The molecule has 6 heteroatoms. The van der Waals surface area contributed by atoms with Gasteiger partial charge in [-0.2, -0.15) is 5.26 Å². The van der Waals surface area contributed by atoms with Crippen LogP contribution in [0.4, 0.5) is 0 Å². The summed E-state index contributed by atoms with van der Waals surface area (Å²) in [5, 5.41) is 13.4. The summed E-state index contributed by atoms with van der Waals surface area (Å²) in [5.41, 5.74) is 2.92. The molecule has 6 nitrogen and oxygen atoms in total. The third-order valence-corrected chi connectivity index (χ3v) is 4.52. The molecule has 1 aromatic heterocycles. The molecule has 0 fully saturated rings. The Labute approximate surface area is 169 Å². The van der Waals surface area contributed by atoms with Crippen molar-refractivity contribution in [1.29, 1.82) is 5.26 Å². The molecule has 0 bridgehead atoms. The molecule has 0 radical (unpaired) electrons. The highest BCUT2D eigenvalue weighted by Crippen LogP contribution is 2.29. The molecule has 0 saturated heterocycles. The monoisotopic (exact) mass is 389 g/mol. The number of nitriles is 1. The van der Waals surface area contributed by atoms with Crippen molar-refractivity contribution in [3.8, 4) is 17.6 Å². The average molecular weight is 389 g/mol. The second-order valence-corrected chi connectivity index (χ2v) is 6.38. The predicted octanol–water partition coefficient (Wildman–Crippen LogP) is 3.84. The molecule has 0 aliphatic rings. The van der Waals surface area contributed by atoms with Crippen molar-refractivity contribution in [2.24, 2.45) is 0 Å². The fraction of sp³-hybridized carbons (Fsp3) is 0.217. The van der Waals surface area contributed by atoms with Crippen LogP contribution in [-0.2, 0) is 11.2 Å². The van der Waals surface area contributed by atoms with E-state index in [9.17, 15) is 10.1 Å². The molecular formula is C23H23N3O3. The number of H-pyrrole nitrogens is 1. The lowest BCUT2D eigenvalue weighted by atomic mass is 10.1. The Hall–Kier alpha value is -3.72. The summed E-state index contributed by atoms with van der Waals surface area (Å²) in [6.07, 6.45) is 4.17. The number of aromatic nitrogens is 1. The number of rotatable bonds is 8. The normalized spacial score (nSPS) is 11.1. The van der Waals surface area contributed by atoms with Crippen LogP contribution in [-0.4, -0.2) is 31.2 Å². The van der Waals surface area contributed by atoms with E-state index in [2.05, 4.69) is 10.3 Å². The van der Waals surface area contributed by atoms with Crippen LogP contribution < -0.4 is 14.8 Å². The maximum absolute atomic E-state index is 12.4. The van der Waals surface area contributed by atoms with Crippen molar-refractivity contribution < 1.29 is 14.3 Å². The molecule has 0 aliphatic heterocycles. The number of carbonyl (C=O) groups is 1. The second kappa shape index (κ2) is 9.47. The predicted molar refractivity (Wildman–Crippen MR) is 113 cm³/mol. The molecule has 1 heterocycles. The smallest absolute Gasteiger partial charge is 0.261 e. The number of aromatic amines is 1. The highest BCUT2D eigenvalue weighted by molar-refractivity contribution is 6.01. The molecule has 0 unspecified atom stereocenters. The van der Waals surface area contributed by atoms with Gasteiger partial charge in [0.2, 0.25) is 0 Å². The standard InChI is InChI=1S/C23H23N3O3/c1-3-29-22-13-16(8-9-21(22)28-2)12-18(14-24)23(27)25-11-10-17-15-26-20-7-5-4-6-19(17)20/h4-9,12-13,15,26H,3,10-11H2,1-2H3,(H,25,27)/b18-12-. The van der Waals surface area contributed by atoms with Crippen LogP contribution in [0.3, 0.4) is 0 Å². The lowest BCUT2D eigenvalue weighted by Gasteiger charge is -2.10. The lowest BCUT2D eigenvalue weighted by molar-refractivity contribution is -0.117. The Kier molecular flexibility index (Phi) is 6.54. The van der Waals surface area contributed by atoms with Crippen LogP contribution in [0.15, 0.2) is 54.2 Å². The number of nitrogens with zero attached hydrogens (tertiary/aromatic N) is 1. The molecular weight excluding hydrogens is 366 g/mol. The van der Waals surface area contributed by atoms with Gasteiger partial charge in [0.25, 0.3) is 5.91 Å². The first-order valence-corrected chi connectivity index (χ1v) is 9.42. The fourth-order valence-electron chi connectivity index (χ4n) is 3.11. The van der Waals surface area contributed by atoms with Crippen molar-refractivity contribution in [2.45, 2.75) is 13.3 Å². The number of hydrogen-bond donors (Lipinski definition) is 2. The van der Waals surface area contributed by atoms with E-state index in [1.165, 1.54) is 0 Å². The van der Waals surface area contributed by atoms with Crippen molar-refractivity contribution in [2.75, 3.05) is 20.3 Å². The Balaban J connectivity index is 1.67. The van der Waals surface area contributed by atoms with E-state index in [1.54, 1.807) is 31.4 Å². The number of fused-ring (bicyclic) bond motifs is 1. The van der Waals surface area contributed by atoms with Gasteiger partial charge in [0.05, 0.1) is 13.7 Å². The maximum Gasteiger partial charge on any atom is 0.261 e. The summed E-state index contributed by atoms with van der Waals surface area (Å²) in [6, 6.07) is 15.3. The molecule has 29 heavy (non-hydrogen) atoms. The van der Waals surface area contributed by atoms with Crippen molar-refractivity contribution in [3.05, 3.63) is 65.4 Å². The minimum atomic E-state index is -0.402. The van der Waals surface area contributed by atoms with Gasteiger partial charge >= 0.3 is 0 Å². The quantitative estimate of drug-likeness (QED) is 0.453. The Bertz CT molecular complexity index is 1080. The van der Waals surface area contributed by atoms with Gasteiger partial charge in [-0.05, 0) is 48.7 Å². The number of ether oxygens (including phenoxy) is 2. The van der Waals surface area contributed by atoms with E-state index < -0.39 is 5.91 Å². The summed E-state index contributed by atoms with van der Waals surface area (Å²) >= 11 is 0. The maximum atomic E-state index is 12.4. The Morgan fingerprint density at radius 1 is 1.24 bits per heavy atom. The van der Waals surface area contributed by atoms with E-state index in [4.69, 9.17) is 9.47 Å². The van der Waals surface area contributed by atoms with Gasteiger partial charge in [-0.3, -0.25) is 4.79 Å². The average Bonchev–Trinajstić information content (AvgIpc) is 3.15. The van der Waals surface area contributed by atoms with Gasteiger partial charge in [0.15, 0.2) is 11.5 Å². The van der Waals surface area contributed by atoms with Gasteiger partial charge < -0.3 is 19.8 Å². The topological polar surface area (TPSA) is 87.1 Å².